The molecule has 0 bridgehead atoms. The van der Waals surface area contributed by atoms with Crippen molar-refractivity contribution in [1.82, 2.24) is 25.7 Å². The van der Waals surface area contributed by atoms with Gasteiger partial charge in [0.25, 0.3) is 11.5 Å². The van der Waals surface area contributed by atoms with E-state index in [1.54, 1.807) is 0 Å². The fourth-order valence-electron chi connectivity index (χ4n) is 4.27. The number of nitrogens with one attached hydrogen (secondary N) is 3. The zero-order valence-corrected chi connectivity index (χ0v) is 15.4. The first-order valence-electron chi connectivity index (χ1n) is 9.51. The molecule has 0 radical (unpaired) electrons. The van der Waals surface area contributed by atoms with Crippen LogP contribution in [0.5, 0.6) is 0 Å². The molecular weight excluding hydrogens is 342 g/mol. The minimum absolute atomic E-state index is 0.113. The predicted molar refractivity (Wildman–Crippen MR) is 102 cm³/mol. The van der Waals surface area contributed by atoms with Gasteiger partial charge in [-0.3, -0.25) is 20.4 Å². The van der Waals surface area contributed by atoms with Crippen LogP contribution in [0.3, 0.4) is 0 Å². The SMILES string of the molecule is Cc1cccc(C2CNNC2C2CCN(C(=O)c3c[nH]c(=O)cn3)CC2)c1. The van der Waals surface area contributed by atoms with Crippen molar-refractivity contribution in [2.75, 3.05) is 19.6 Å². The molecule has 3 N–H and O–H groups in total. The third kappa shape index (κ3) is 3.79. The Morgan fingerprint density at radius 3 is 2.78 bits per heavy atom. The second-order valence-electron chi connectivity index (χ2n) is 7.50. The number of H-pyrrole nitrogens is 1. The maximum atomic E-state index is 12.6. The molecule has 1 amide bonds. The van der Waals surface area contributed by atoms with Gasteiger partial charge < -0.3 is 9.88 Å². The lowest BCUT2D eigenvalue weighted by Crippen LogP contribution is -2.46. The number of hydrogen-bond donors (Lipinski definition) is 3. The lowest BCUT2D eigenvalue weighted by atomic mass is 9.80. The molecule has 2 aromatic rings. The first-order valence-corrected chi connectivity index (χ1v) is 9.51. The number of nitrogens with zero attached hydrogens (tertiary/aromatic N) is 2. The van der Waals surface area contributed by atoms with Gasteiger partial charge in [0.15, 0.2) is 0 Å². The topological polar surface area (TPSA) is 90.1 Å². The van der Waals surface area contributed by atoms with Crippen molar-refractivity contribution >= 4 is 5.91 Å². The maximum absolute atomic E-state index is 12.6. The van der Waals surface area contributed by atoms with Crippen LogP contribution in [-0.4, -0.2) is 46.5 Å². The number of aryl methyl sites for hydroxylation is 1. The quantitative estimate of drug-likeness (QED) is 0.758. The van der Waals surface area contributed by atoms with Crippen molar-refractivity contribution < 1.29 is 4.79 Å². The van der Waals surface area contributed by atoms with E-state index in [1.807, 2.05) is 4.90 Å². The number of hydrogen-bond acceptors (Lipinski definition) is 5. The number of carbonyl (C=O) groups excluding carboxylic acids is 1. The monoisotopic (exact) mass is 367 g/mol. The fourth-order valence-corrected chi connectivity index (χ4v) is 4.27. The van der Waals surface area contributed by atoms with Gasteiger partial charge in [-0.25, -0.2) is 4.98 Å². The Hall–Kier alpha value is -2.51. The van der Waals surface area contributed by atoms with Crippen molar-refractivity contribution in [1.29, 1.82) is 0 Å². The summed E-state index contributed by atoms with van der Waals surface area (Å²) in [4.78, 5) is 32.0. The Morgan fingerprint density at radius 1 is 1.26 bits per heavy atom. The standard InChI is InChI=1S/C20H25N5O2/c1-13-3-2-4-15(9-13)16-10-23-24-19(16)14-5-7-25(8-6-14)20(27)17-11-22-18(26)12-21-17/h2-4,9,11-12,14,16,19,23-24H,5-8,10H2,1H3,(H,22,26). The molecule has 2 saturated heterocycles. The van der Waals surface area contributed by atoms with Crippen LogP contribution in [0.4, 0.5) is 0 Å². The number of amides is 1. The highest BCUT2D eigenvalue weighted by Crippen LogP contribution is 2.32. The Bertz CT molecular complexity index is 852. The Kier molecular flexibility index (Phi) is 5.05. The van der Waals surface area contributed by atoms with Crippen LogP contribution in [0.15, 0.2) is 41.5 Å². The number of aromatic nitrogens is 2. The lowest BCUT2D eigenvalue weighted by molar-refractivity contribution is 0.0663. The predicted octanol–water partition coefficient (Wildman–Crippen LogP) is 1.19. The molecule has 2 aliphatic heterocycles. The van der Waals surface area contributed by atoms with E-state index in [0.29, 0.717) is 36.7 Å². The zero-order chi connectivity index (χ0) is 18.8. The van der Waals surface area contributed by atoms with Crippen LogP contribution in [0, 0.1) is 12.8 Å². The largest absolute Gasteiger partial charge is 0.337 e. The van der Waals surface area contributed by atoms with E-state index < -0.39 is 0 Å². The van der Waals surface area contributed by atoms with Crippen LogP contribution in [0.1, 0.15) is 40.4 Å². The minimum Gasteiger partial charge on any atom is -0.337 e. The Balaban J connectivity index is 1.40. The third-order valence-electron chi connectivity index (χ3n) is 5.72. The number of likely N-dealkylation sites (tertiary alicyclic amines) is 1. The van der Waals surface area contributed by atoms with Crippen LogP contribution < -0.4 is 16.4 Å². The minimum atomic E-state index is -0.299. The number of rotatable bonds is 3. The van der Waals surface area contributed by atoms with E-state index in [2.05, 4.69) is 52.0 Å². The molecule has 4 rings (SSSR count). The van der Waals surface area contributed by atoms with Gasteiger partial charge in [-0.05, 0) is 31.2 Å². The second-order valence-corrected chi connectivity index (χ2v) is 7.50. The zero-order valence-electron chi connectivity index (χ0n) is 15.4. The third-order valence-corrected chi connectivity index (χ3v) is 5.72. The maximum Gasteiger partial charge on any atom is 0.273 e. The average molecular weight is 367 g/mol. The van der Waals surface area contributed by atoms with E-state index in [1.165, 1.54) is 17.3 Å². The normalized spacial score (nSPS) is 23.5. The van der Waals surface area contributed by atoms with Crippen LogP contribution in [-0.2, 0) is 0 Å². The molecule has 2 atom stereocenters. The number of hydrazine groups is 1. The molecule has 2 aliphatic rings. The lowest BCUT2D eigenvalue weighted by Gasteiger charge is -2.36. The molecule has 142 valence electrons. The van der Waals surface area contributed by atoms with Gasteiger partial charge in [-0.15, -0.1) is 0 Å². The van der Waals surface area contributed by atoms with Gasteiger partial charge in [0, 0.05) is 37.8 Å². The summed E-state index contributed by atoms with van der Waals surface area (Å²) in [7, 11) is 0. The molecule has 7 heteroatoms. The first kappa shape index (κ1) is 17.9. The first-order chi connectivity index (χ1) is 13.1. The molecule has 27 heavy (non-hydrogen) atoms. The number of benzene rings is 1. The number of carbonyl (C=O) groups is 1. The highest BCUT2D eigenvalue weighted by Gasteiger charge is 2.37. The van der Waals surface area contributed by atoms with Gasteiger partial charge in [0.05, 0.1) is 6.20 Å². The molecule has 7 nitrogen and oxygen atoms in total. The van der Waals surface area contributed by atoms with Crippen LogP contribution in [0.25, 0.3) is 0 Å². The van der Waals surface area contributed by atoms with E-state index in [-0.39, 0.29) is 11.5 Å². The van der Waals surface area contributed by atoms with E-state index in [4.69, 9.17) is 0 Å². The summed E-state index contributed by atoms with van der Waals surface area (Å²) in [5.41, 5.74) is 9.45. The van der Waals surface area contributed by atoms with E-state index >= 15 is 0 Å². The number of piperidine rings is 1. The van der Waals surface area contributed by atoms with Crippen molar-refractivity contribution in [3.63, 3.8) is 0 Å². The van der Waals surface area contributed by atoms with Gasteiger partial charge >= 0.3 is 0 Å². The summed E-state index contributed by atoms with van der Waals surface area (Å²) in [6, 6.07) is 9.10. The molecular formula is C20H25N5O2. The molecule has 0 spiro atoms. The van der Waals surface area contributed by atoms with E-state index in [9.17, 15) is 9.59 Å². The molecule has 2 fully saturated rings. The Labute approximate surface area is 158 Å². The number of aromatic amines is 1. The summed E-state index contributed by atoms with van der Waals surface area (Å²) in [5.74, 6) is 0.841. The molecule has 0 saturated carbocycles. The highest BCUT2D eigenvalue weighted by atomic mass is 16.2. The summed E-state index contributed by atoms with van der Waals surface area (Å²) in [5, 5.41) is 0. The molecule has 1 aromatic heterocycles. The van der Waals surface area contributed by atoms with Gasteiger partial charge in [-0.1, -0.05) is 29.8 Å². The highest BCUT2D eigenvalue weighted by molar-refractivity contribution is 5.92. The van der Waals surface area contributed by atoms with Gasteiger partial charge in [0.2, 0.25) is 0 Å². The van der Waals surface area contributed by atoms with Crippen LogP contribution >= 0.6 is 0 Å². The van der Waals surface area contributed by atoms with Gasteiger partial charge in [-0.2, -0.15) is 0 Å². The fraction of sp³-hybridized carbons (Fsp3) is 0.450. The molecule has 2 unspecified atom stereocenters. The van der Waals surface area contributed by atoms with Gasteiger partial charge in [0.1, 0.15) is 5.69 Å². The molecule has 1 aromatic carbocycles. The summed E-state index contributed by atoms with van der Waals surface area (Å²) in [6.45, 7) is 4.48. The molecule has 3 heterocycles. The second kappa shape index (κ2) is 7.62. The molecule has 0 aliphatic carbocycles. The van der Waals surface area contributed by atoms with Crippen LogP contribution in [0.2, 0.25) is 0 Å². The summed E-state index contributed by atoms with van der Waals surface area (Å²) >= 11 is 0. The smallest absolute Gasteiger partial charge is 0.273 e. The van der Waals surface area contributed by atoms with Crippen molar-refractivity contribution in [3.8, 4) is 0 Å². The average Bonchev–Trinajstić information content (AvgIpc) is 3.18. The summed E-state index contributed by atoms with van der Waals surface area (Å²) in [6.07, 6.45) is 4.46. The Morgan fingerprint density at radius 2 is 2.07 bits per heavy atom. The van der Waals surface area contributed by atoms with E-state index in [0.717, 1.165) is 25.6 Å². The van der Waals surface area contributed by atoms with Crippen molar-refractivity contribution in [3.05, 3.63) is 63.8 Å². The van der Waals surface area contributed by atoms with Crippen molar-refractivity contribution in [2.45, 2.75) is 31.7 Å². The summed E-state index contributed by atoms with van der Waals surface area (Å²) < 4.78 is 0. The van der Waals surface area contributed by atoms with Crippen molar-refractivity contribution in [2.24, 2.45) is 5.92 Å².